The zero-order valence-corrected chi connectivity index (χ0v) is 13.6. The summed E-state index contributed by atoms with van der Waals surface area (Å²) in [5.41, 5.74) is 1.11. The minimum absolute atomic E-state index is 0.0134. The van der Waals surface area contributed by atoms with Crippen LogP contribution in [0.25, 0.3) is 0 Å². The first-order chi connectivity index (χ1) is 10.0. The number of hydrogen-bond donors (Lipinski definition) is 1. The molecule has 1 unspecified atom stereocenters. The van der Waals surface area contributed by atoms with Crippen molar-refractivity contribution in [2.24, 2.45) is 0 Å². The number of hydrogen-bond acceptors (Lipinski definition) is 4. The summed E-state index contributed by atoms with van der Waals surface area (Å²) in [6.45, 7) is 8.68. The lowest BCUT2D eigenvalue weighted by molar-refractivity contribution is -0.0327. The smallest absolute Gasteiger partial charge is 0.124 e. The van der Waals surface area contributed by atoms with Crippen LogP contribution < -0.4 is 14.8 Å². The lowest BCUT2D eigenvalue weighted by Crippen LogP contribution is -2.24. The third-order valence-corrected chi connectivity index (χ3v) is 3.81. The molecule has 1 aromatic carbocycles. The van der Waals surface area contributed by atoms with E-state index in [0.717, 1.165) is 43.0 Å². The van der Waals surface area contributed by atoms with E-state index in [4.69, 9.17) is 14.2 Å². The van der Waals surface area contributed by atoms with E-state index in [9.17, 15) is 0 Å². The van der Waals surface area contributed by atoms with Crippen LogP contribution in [0, 0.1) is 0 Å². The Bertz CT molecular complexity index is 459. The minimum atomic E-state index is -0.0134. The molecule has 0 bridgehead atoms. The molecule has 2 rings (SSSR count). The van der Waals surface area contributed by atoms with Crippen molar-refractivity contribution in [3.8, 4) is 11.5 Å². The molecular formula is C17H27NO3. The van der Waals surface area contributed by atoms with Gasteiger partial charge in [0.15, 0.2) is 0 Å². The lowest BCUT2D eigenvalue weighted by Gasteiger charge is -2.20. The average Bonchev–Trinajstić information content (AvgIpc) is 2.82. The second kappa shape index (κ2) is 7.14. The Kier molecular flexibility index (Phi) is 5.48. The Labute approximate surface area is 127 Å². The molecule has 1 aliphatic heterocycles. The SMILES string of the molecule is CCNCc1cc(OC)ccc1OCC1CCC(C)(C)O1. The number of nitrogens with one attached hydrogen (secondary N) is 1. The van der Waals surface area contributed by atoms with Crippen LogP contribution in [0.1, 0.15) is 39.2 Å². The molecule has 0 spiro atoms. The van der Waals surface area contributed by atoms with E-state index in [1.807, 2.05) is 18.2 Å². The molecule has 0 saturated carbocycles. The molecular weight excluding hydrogens is 266 g/mol. The standard InChI is InChI=1S/C17H27NO3/c1-5-18-11-13-10-14(19-4)6-7-16(13)20-12-15-8-9-17(2,3)21-15/h6-7,10,15,18H,5,8-9,11-12H2,1-4H3. The van der Waals surface area contributed by atoms with E-state index in [2.05, 4.69) is 26.1 Å². The van der Waals surface area contributed by atoms with Crippen molar-refractivity contribution >= 4 is 0 Å². The fourth-order valence-corrected chi connectivity index (χ4v) is 2.60. The summed E-state index contributed by atoms with van der Waals surface area (Å²) in [6.07, 6.45) is 2.34. The van der Waals surface area contributed by atoms with Gasteiger partial charge in [-0.3, -0.25) is 0 Å². The number of rotatable bonds is 7. The van der Waals surface area contributed by atoms with Crippen molar-refractivity contribution in [2.75, 3.05) is 20.3 Å². The van der Waals surface area contributed by atoms with Gasteiger partial charge in [-0.25, -0.2) is 0 Å². The fourth-order valence-electron chi connectivity index (χ4n) is 2.60. The van der Waals surface area contributed by atoms with E-state index < -0.39 is 0 Å². The molecule has 1 N–H and O–H groups in total. The topological polar surface area (TPSA) is 39.7 Å². The van der Waals surface area contributed by atoms with Gasteiger partial charge in [0, 0.05) is 12.1 Å². The molecule has 1 saturated heterocycles. The van der Waals surface area contributed by atoms with Gasteiger partial charge in [-0.2, -0.15) is 0 Å². The third kappa shape index (κ3) is 4.61. The van der Waals surface area contributed by atoms with Crippen LogP contribution in [0.5, 0.6) is 11.5 Å². The summed E-state index contributed by atoms with van der Waals surface area (Å²) in [4.78, 5) is 0. The van der Waals surface area contributed by atoms with Crippen molar-refractivity contribution in [3.05, 3.63) is 23.8 Å². The first-order valence-corrected chi connectivity index (χ1v) is 7.72. The summed E-state index contributed by atoms with van der Waals surface area (Å²) in [6, 6.07) is 5.94. The van der Waals surface area contributed by atoms with Gasteiger partial charge in [-0.15, -0.1) is 0 Å². The van der Waals surface area contributed by atoms with Crippen molar-refractivity contribution < 1.29 is 14.2 Å². The van der Waals surface area contributed by atoms with Gasteiger partial charge in [0.2, 0.25) is 0 Å². The molecule has 21 heavy (non-hydrogen) atoms. The summed E-state index contributed by atoms with van der Waals surface area (Å²) in [7, 11) is 1.68. The van der Waals surface area contributed by atoms with Gasteiger partial charge in [0.05, 0.1) is 18.8 Å². The number of methoxy groups -OCH3 is 1. The van der Waals surface area contributed by atoms with E-state index >= 15 is 0 Å². The number of ether oxygens (including phenoxy) is 3. The van der Waals surface area contributed by atoms with Gasteiger partial charge < -0.3 is 19.5 Å². The maximum Gasteiger partial charge on any atom is 0.124 e. The van der Waals surface area contributed by atoms with Crippen LogP contribution >= 0.6 is 0 Å². The van der Waals surface area contributed by atoms with Gasteiger partial charge in [-0.05, 0) is 51.4 Å². The van der Waals surface area contributed by atoms with E-state index in [1.165, 1.54) is 0 Å². The molecule has 1 atom stereocenters. The Morgan fingerprint density at radius 1 is 1.38 bits per heavy atom. The van der Waals surface area contributed by atoms with Crippen LogP contribution in [0.4, 0.5) is 0 Å². The molecule has 1 heterocycles. The first kappa shape index (κ1) is 16.1. The minimum Gasteiger partial charge on any atom is -0.497 e. The van der Waals surface area contributed by atoms with E-state index in [0.29, 0.717) is 6.61 Å². The summed E-state index contributed by atoms with van der Waals surface area (Å²) < 4.78 is 17.2. The first-order valence-electron chi connectivity index (χ1n) is 7.72. The highest BCUT2D eigenvalue weighted by Gasteiger charge is 2.32. The zero-order chi connectivity index (χ0) is 15.3. The molecule has 0 aromatic heterocycles. The molecule has 0 aliphatic carbocycles. The maximum absolute atomic E-state index is 5.99. The molecule has 4 heteroatoms. The Morgan fingerprint density at radius 3 is 2.81 bits per heavy atom. The second-order valence-electron chi connectivity index (χ2n) is 6.10. The Morgan fingerprint density at radius 2 is 2.19 bits per heavy atom. The van der Waals surface area contributed by atoms with Gasteiger partial charge in [-0.1, -0.05) is 6.92 Å². The highest BCUT2D eigenvalue weighted by molar-refractivity contribution is 5.40. The molecule has 0 radical (unpaired) electrons. The van der Waals surface area contributed by atoms with Crippen molar-refractivity contribution in [2.45, 2.75) is 51.9 Å². The van der Waals surface area contributed by atoms with Gasteiger partial charge >= 0.3 is 0 Å². The normalized spacial score (nSPS) is 20.5. The van der Waals surface area contributed by atoms with Crippen molar-refractivity contribution in [1.82, 2.24) is 5.32 Å². The average molecular weight is 293 g/mol. The summed E-state index contributed by atoms with van der Waals surface area (Å²) >= 11 is 0. The fraction of sp³-hybridized carbons (Fsp3) is 0.647. The molecule has 4 nitrogen and oxygen atoms in total. The highest BCUT2D eigenvalue weighted by atomic mass is 16.6. The molecule has 118 valence electrons. The summed E-state index contributed by atoms with van der Waals surface area (Å²) in [5.74, 6) is 1.76. The second-order valence-corrected chi connectivity index (χ2v) is 6.10. The summed E-state index contributed by atoms with van der Waals surface area (Å²) in [5, 5.41) is 3.33. The van der Waals surface area contributed by atoms with Crippen LogP contribution in [-0.4, -0.2) is 32.0 Å². The molecule has 1 fully saturated rings. The lowest BCUT2D eigenvalue weighted by atomic mass is 10.1. The van der Waals surface area contributed by atoms with E-state index in [1.54, 1.807) is 7.11 Å². The van der Waals surface area contributed by atoms with E-state index in [-0.39, 0.29) is 11.7 Å². The van der Waals surface area contributed by atoms with Gasteiger partial charge in [0.1, 0.15) is 18.1 Å². The predicted molar refractivity (Wildman–Crippen MR) is 84.1 cm³/mol. The Hall–Kier alpha value is -1.26. The Balaban J connectivity index is 1.98. The quantitative estimate of drug-likeness (QED) is 0.838. The zero-order valence-electron chi connectivity index (χ0n) is 13.6. The van der Waals surface area contributed by atoms with Crippen molar-refractivity contribution in [1.29, 1.82) is 0 Å². The van der Waals surface area contributed by atoms with Crippen LogP contribution in [0.2, 0.25) is 0 Å². The molecule has 0 amide bonds. The largest absolute Gasteiger partial charge is 0.497 e. The molecule has 1 aliphatic rings. The van der Waals surface area contributed by atoms with Crippen LogP contribution in [0.3, 0.4) is 0 Å². The highest BCUT2D eigenvalue weighted by Crippen LogP contribution is 2.30. The van der Waals surface area contributed by atoms with Crippen LogP contribution in [-0.2, 0) is 11.3 Å². The monoisotopic (exact) mass is 293 g/mol. The third-order valence-electron chi connectivity index (χ3n) is 3.81. The molecule has 1 aromatic rings. The predicted octanol–water partition coefficient (Wildman–Crippen LogP) is 3.14. The van der Waals surface area contributed by atoms with Crippen molar-refractivity contribution in [3.63, 3.8) is 0 Å². The van der Waals surface area contributed by atoms with Crippen LogP contribution in [0.15, 0.2) is 18.2 Å². The van der Waals surface area contributed by atoms with Gasteiger partial charge in [0.25, 0.3) is 0 Å². The number of benzene rings is 1. The maximum atomic E-state index is 5.99.